The van der Waals surface area contributed by atoms with Crippen LogP contribution in [0, 0.1) is 0 Å². The van der Waals surface area contributed by atoms with Crippen LogP contribution in [0.4, 0.5) is 5.69 Å². The van der Waals surface area contributed by atoms with Crippen molar-refractivity contribution in [3.05, 3.63) is 53.5 Å². The van der Waals surface area contributed by atoms with E-state index >= 15 is 0 Å². The van der Waals surface area contributed by atoms with E-state index in [0.29, 0.717) is 36.8 Å². The molecule has 0 radical (unpaired) electrons. The molecule has 0 aliphatic rings. The molecular formula is C17H19NO5. The average molecular weight is 317 g/mol. The normalized spacial score (nSPS) is 10.3. The third kappa shape index (κ3) is 4.69. The lowest BCUT2D eigenvalue weighted by molar-refractivity contribution is 0.0526. The van der Waals surface area contributed by atoms with Gasteiger partial charge in [-0.1, -0.05) is 0 Å². The van der Waals surface area contributed by atoms with Crippen LogP contribution in [0.5, 0.6) is 0 Å². The number of amides is 1. The molecule has 1 heterocycles. The van der Waals surface area contributed by atoms with Crippen molar-refractivity contribution in [1.82, 2.24) is 0 Å². The summed E-state index contributed by atoms with van der Waals surface area (Å²) in [7, 11) is 0. The molecule has 0 aliphatic heterocycles. The van der Waals surface area contributed by atoms with Crippen LogP contribution in [-0.4, -0.2) is 25.1 Å². The molecule has 0 unspecified atom stereocenters. The van der Waals surface area contributed by atoms with E-state index < -0.39 is 5.97 Å². The van der Waals surface area contributed by atoms with Crippen molar-refractivity contribution in [1.29, 1.82) is 0 Å². The summed E-state index contributed by atoms with van der Waals surface area (Å²) in [6.45, 7) is 4.86. The van der Waals surface area contributed by atoms with Crippen molar-refractivity contribution in [2.75, 3.05) is 18.5 Å². The standard InChI is InChI=1S/C17H19NO5/c1-3-21-11-14-9-10-15(23-14)16(19)18-13-7-5-12(6-8-13)17(20)22-4-2/h5-10H,3-4,11H2,1-2H3,(H,18,19). The van der Waals surface area contributed by atoms with E-state index in [1.807, 2.05) is 6.92 Å². The maximum Gasteiger partial charge on any atom is 0.338 e. The van der Waals surface area contributed by atoms with E-state index in [1.165, 1.54) is 0 Å². The third-order valence-electron chi connectivity index (χ3n) is 2.99. The van der Waals surface area contributed by atoms with Gasteiger partial charge in [-0.2, -0.15) is 0 Å². The summed E-state index contributed by atoms with van der Waals surface area (Å²) in [6, 6.07) is 9.75. The van der Waals surface area contributed by atoms with E-state index in [-0.39, 0.29) is 11.7 Å². The Hall–Kier alpha value is -2.60. The highest BCUT2D eigenvalue weighted by atomic mass is 16.5. The summed E-state index contributed by atoms with van der Waals surface area (Å²) >= 11 is 0. The number of carbonyl (C=O) groups is 2. The molecule has 2 rings (SSSR count). The van der Waals surface area contributed by atoms with Crippen LogP contribution in [0.15, 0.2) is 40.8 Å². The Balaban J connectivity index is 1.97. The zero-order valence-corrected chi connectivity index (χ0v) is 13.1. The first-order valence-electron chi connectivity index (χ1n) is 7.39. The molecule has 1 N–H and O–H groups in total. The average Bonchev–Trinajstić information content (AvgIpc) is 3.03. The largest absolute Gasteiger partial charge is 0.462 e. The molecule has 2 aromatic rings. The van der Waals surface area contributed by atoms with Crippen LogP contribution in [0.1, 0.15) is 40.5 Å². The molecule has 0 saturated carbocycles. The zero-order valence-electron chi connectivity index (χ0n) is 13.1. The number of rotatable bonds is 7. The van der Waals surface area contributed by atoms with Crippen molar-refractivity contribution in [2.45, 2.75) is 20.5 Å². The molecule has 122 valence electrons. The Morgan fingerprint density at radius 2 is 1.78 bits per heavy atom. The second-order valence-corrected chi connectivity index (χ2v) is 4.66. The molecule has 0 aliphatic carbocycles. The molecular weight excluding hydrogens is 298 g/mol. The minimum Gasteiger partial charge on any atom is -0.462 e. The second kappa shape index (κ2) is 8.14. The van der Waals surface area contributed by atoms with Gasteiger partial charge in [-0.05, 0) is 50.2 Å². The molecule has 1 amide bonds. The number of esters is 1. The van der Waals surface area contributed by atoms with Crippen LogP contribution < -0.4 is 5.32 Å². The fourth-order valence-electron chi connectivity index (χ4n) is 1.88. The maximum atomic E-state index is 12.1. The predicted molar refractivity (Wildman–Crippen MR) is 84.4 cm³/mol. The van der Waals surface area contributed by atoms with Gasteiger partial charge in [0, 0.05) is 12.3 Å². The zero-order chi connectivity index (χ0) is 16.7. The van der Waals surface area contributed by atoms with Crippen molar-refractivity contribution in [3.63, 3.8) is 0 Å². The van der Waals surface area contributed by atoms with Crippen LogP contribution in [0.3, 0.4) is 0 Å². The van der Waals surface area contributed by atoms with Crippen LogP contribution in [0.2, 0.25) is 0 Å². The van der Waals surface area contributed by atoms with Gasteiger partial charge in [-0.3, -0.25) is 4.79 Å². The van der Waals surface area contributed by atoms with Crippen LogP contribution >= 0.6 is 0 Å². The highest BCUT2D eigenvalue weighted by Crippen LogP contribution is 2.14. The molecule has 1 aromatic carbocycles. The number of carbonyl (C=O) groups excluding carboxylic acids is 2. The molecule has 6 nitrogen and oxygen atoms in total. The smallest absolute Gasteiger partial charge is 0.338 e. The quantitative estimate of drug-likeness (QED) is 0.793. The van der Waals surface area contributed by atoms with Crippen molar-refractivity contribution < 1.29 is 23.5 Å². The number of hydrogen-bond acceptors (Lipinski definition) is 5. The van der Waals surface area contributed by atoms with E-state index in [9.17, 15) is 9.59 Å². The lowest BCUT2D eigenvalue weighted by atomic mass is 10.2. The van der Waals surface area contributed by atoms with E-state index in [2.05, 4.69) is 5.32 Å². The number of anilines is 1. The summed E-state index contributed by atoms with van der Waals surface area (Å²) in [6.07, 6.45) is 0. The number of benzene rings is 1. The van der Waals surface area contributed by atoms with Gasteiger partial charge in [0.1, 0.15) is 12.4 Å². The molecule has 0 bridgehead atoms. The third-order valence-corrected chi connectivity index (χ3v) is 2.99. The molecule has 6 heteroatoms. The second-order valence-electron chi connectivity index (χ2n) is 4.66. The molecule has 1 aromatic heterocycles. The summed E-state index contributed by atoms with van der Waals surface area (Å²) in [5, 5.41) is 2.70. The molecule has 0 saturated heterocycles. The number of nitrogens with one attached hydrogen (secondary N) is 1. The lowest BCUT2D eigenvalue weighted by Gasteiger charge is -2.05. The fraction of sp³-hybridized carbons (Fsp3) is 0.294. The van der Waals surface area contributed by atoms with Gasteiger partial charge < -0.3 is 19.2 Å². The van der Waals surface area contributed by atoms with E-state index in [1.54, 1.807) is 43.3 Å². The van der Waals surface area contributed by atoms with E-state index in [4.69, 9.17) is 13.9 Å². The summed E-state index contributed by atoms with van der Waals surface area (Å²) < 4.78 is 15.5. The van der Waals surface area contributed by atoms with Crippen molar-refractivity contribution in [2.24, 2.45) is 0 Å². The van der Waals surface area contributed by atoms with Crippen LogP contribution in [-0.2, 0) is 16.1 Å². The van der Waals surface area contributed by atoms with Gasteiger partial charge in [0.15, 0.2) is 5.76 Å². The van der Waals surface area contributed by atoms with E-state index in [0.717, 1.165) is 0 Å². The Morgan fingerprint density at radius 3 is 2.43 bits per heavy atom. The highest BCUT2D eigenvalue weighted by molar-refractivity contribution is 6.02. The van der Waals surface area contributed by atoms with Gasteiger partial charge in [0.25, 0.3) is 5.91 Å². The first-order chi connectivity index (χ1) is 11.1. The fourth-order valence-corrected chi connectivity index (χ4v) is 1.88. The molecule has 23 heavy (non-hydrogen) atoms. The Kier molecular flexibility index (Phi) is 5.94. The summed E-state index contributed by atoms with van der Waals surface area (Å²) in [5.74, 6) is 0.0393. The Labute approximate surface area is 134 Å². The molecule has 0 atom stereocenters. The van der Waals surface area contributed by atoms with Crippen LogP contribution in [0.25, 0.3) is 0 Å². The highest BCUT2D eigenvalue weighted by Gasteiger charge is 2.12. The monoisotopic (exact) mass is 317 g/mol. The minimum absolute atomic E-state index is 0.203. The lowest BCUT2D eigenvalue weighted by Crippen LogP contribution is -2.11. The number of hydrogen-bond donors (Lipinski definition) is 1. The summed E-state index contributed by atoms with van der Waals surface area (Å²) in [4.78, 5) is 23.6. The topological polar surface area (TPSA) is 77.8 Å². The Morgan fingerprint density at radius 1 is 1.04 bits per heavy atom. The first-order valence-corrected chi connectivity index (χ1v) is 7.39. The van der Waals surface area contributed by atoms with Crippen molar-refractivity contribution in [3.8, 4) is 0 Å². The maximum absolute atomic E-state index is 12.1. The molecule has 0 fully saturated rings. The van der Waals surface area contributed by atoms with Gasteiger partial charge >= 0.3 is 5.97 Å². The number of ether oxygens (including phenoxy) is 2. The van der Waals surface area contributed by atoms with Gasteiger partial charge in [0.05, 0.1) is 12.2 Å². The minimum atomic E-state index is -0.392. The van der Waals surface area contributed by atoms with Gasteiger partial charge in [-0.25, -0.2) is 4.79 Å². The summed E-state index contributed by atoms with van der Waals surface area (Å²) in [5.41, 5.74) is 0.993. The first kappa shape index (κ1) is 16.8. The number of furan rings is 1. The van der Waals surface area contributed by atoms with Gasteiger partial charge in [0.2, 0.25) is 0 Å². The predicted octanol–water partition coefficient (Wildman–Crippen LogP) is 3.25. The van der Waals surface area contributed by atoms with Crippen molar-refractivity contribution >= 4 is 17.6 Å². The molecule has 0 spiro atoms. The SMILES string of the molecule is CCOCc1ccc(C(=O)Nc2ccc(C(=O)OCC)cc2)o1. The Bertz CT molecular complexity index is 660. The van der Waals surface area contributed by atoms with Gasteiger partial charge in [-0.15, -0.1) is 0 Å².